The van der Waals surface area contributed by atoms with Gasteiger partial charge in [-0.25, -0.2) is 13.2 Å². The third kappa shape index (κ3) is 3.08. The average molecular weight is 340 g/mol. The van der Waals surface area contributed by atoms with Crippen molar-refractivity contribution in [3.8, 4) is 0 Å². The van der Waals surface area contributed by atoms with Crippen LogP contribution in [0, 0.1) is 17.5 Å². The Bertz CT molecular complexity index is 952. The van der Waals surface area contributed by atoms with Crippen LogP contribution in [0.15, 0.2) is 66.7 Å². The number of rotatable bonds is 4. The van der Waals surface area contributed by atoms with Gasteiger partial charge in [-0.1, -0.05) is 60.7 Å². The zero-order valence-electron chi connectivity index (χ0n) is 12.8. The molecule has 0 aliphatic heterocycles. The van der Waals surface area contributed by atoms with Crippen LogP contribution in [0.2, 0.25) is 0 Å². The molecule has 0 radical (unpaired) electrons. The van der Waals surface area contributed by atoms with Crippen LogP contribution >= 0.6 is 0 Å². The maximum atomic E-state index is 14.3. The highest BCUT2D eigenvalue weighted by molar-refractivity contribution is 6.19. The molecule has 0 aromatic heterocycles. The molecule has 0 N–H and O–H groups in total. The largest absolute Gasteiger partial charge is 0.289 e. The minimum atomic E-state index is -1.79. The topological polar surface area (TPSA) is 34.1 Å². The maximum absolute atomic E-state index is 14.3. The Morgan fingerprint density at radius 1 is 0.640 bits per heavy atom. The highest BCUT2D eigenvalue weighted by atomic mass is 19.2. The lowest BCUT2D eigenvalue weighted by atomic mass is 9.92. The van der Waals surface area contributed by atoms with Gasteiger partial charge in [0, 0.05) is 16.7 Å². The van der Waals surface area contributed by atoms with Crippen LogP contribution in [-0.4, -0.2) is 11.6 Å². The molecule has 3 aromatic carbocycles. The summed E-state index contributed by atoms with van der Waals surface area (Å²) < 4.78 is 41.7. The zero-order chi connectivity index (χ0) is 18.0. The van der Waals surface area contributed by atoms with Gasteiger partial charge in [-0.3, -0.25) is 9.59 Å². The van der Waals surface area contributed by atoms with Gasteiger partial charge in [-0.2, -0.15) is 0 Å². The van der Waals surface area contributed by atoms with Gasteiger partial charge < -0.3 is 0 Å². The first-order valence-electron chi connectivity index (χ1n) is 7.37. The van der Waals surface area contributed by atoms with Gasteiger partial charge in [0.25, 0.3) is 0 Å². The highest BCUT2D eigenvalue weighted by Gasteiger charge is 2.28. The van der Waals surface area contributed by atoms with Gasteiger partial charge in [0.05, 0.1) is 5.56 Å². The number of benzene rings is 3. The second kappa shape index (κ2) is 6.73. The van der Waals surface area contributed by atoms with Gasteiger partial charge in [-0.15, -0.1) is 0 Å². The zero-order valence-corrected chi connectivity index (χ0v) is 12.8. The summed E-state index contributed by atoms with van der Waals surface area (Å²) in [5.74, 6) is -6.65. The van der Waals surface area contributed by atoms with Crippen molar-refractivity contribution < 1.29 is 22.8 Å². The van der Waals surface area contributed by atoms with Crippen molar-refractivity contribution in [2.24, 2.45) is 0 Å². The Hall–Kier alpha value is -3.21. The van der Waals surface area contributed by atoms with Gasteiger partial charge in [0.1, 0.15) is 0 Å². The molecule has 0 unspecified atom stereocenters. The summed E-state index contributed by atoms with van der Waals surface area (Å²) in [4.78, 5) is 25.2. The standard InChI is InChI=1S/C20H11F3O2/c21-15-11-14(19(24)12-7-3-1-4-8-12)16(18(23)17(15)22)20(25)13-9-5-2-6-10-13/h1-11H. The van der Waals surface area contributed by atoms with Crippen molar-refractivity contribution in [3.63, 3.8) is 0 Å². The van der Waals surface area contributed by atoms with E-state index < -0.39 is 40.1 Å². The molecule has 124 valence electrons. The average Bonchev–Trinajstić information content (AvgIpc) is 2.66. The molecule has 0 aliphatic rings. The SMILES string of the molecule is O=C(c1ccccc1)c1cc(F)c(F)c(F)c1C(=O)c1ccccc1. The first kappa shape index (κ1) is 16.6. The first-order valence-corrected chi connectivity index (χ1v) is 7.37. The highest BCUT2D eigenvalue weighted by Crippen LogP contribution is 2.25. The Kier molecular flexibility index (Phi) is 4.48. The van der Waals surface area contributed by atoms with Crippen molar-refractivity contribution in [1.29, 1.82) is 0 Å². The number of hydrogen-bond donors (Lipinski definition) is 0. The van der Waals surface area contributed by atoms with Gasteiger partial charge in [0.15, 0.2) is 29.0 Å². The predicted molar refractivity (Wildman–Crippen MR) is 86.1 cm³/mol. The van der Waals surface area contributed by atoms with Crippen LogP contribution < -0.4 is 0 Å². The predicted octanol–water partition coefficient (Wildman–Crippen LogP) is 4.57. The molecule has 0 bridgehead atoms. The van der Waals surface area contributed by atoms with E-state index in [-0.39, 0.29) is 11.1 Å². The molecule has 3 rings (SSSR count). The fourth-order valence-corrected chi connectivity index (χ4v) is 2.48. The monoisotopic (exact) mass is 340 g/mol. The third-order valence-electron chi connectivity index (χ3n) is 3.71. The molecule has 0 atom stereocenters. The number of carbonyl (C=O) groups is 2. The van der Waals surface area contributed by atoms with E-state index in [2.05, 4.69) is 0 Å². The smallest absolute Gasteiger partial charge is 0.196 e. The Labute approximate surface area is 141 Å². The summed E-state index contributed by atoms with van der Waals surface area (Å²) in [6.07, 6.45) is 0. The fourth-order valence-electron chi connectivity index (χ4n) is 2.48. The van der Waals surface area contributed by atoms with Crippen molar-refractivity contribution in [1.82, 2.24) is 0 Å². The summed E-state index contributed by atoms with van der Waals surface area (Å²) in [6.45, 7) is 0. The molecule has 0 aliphatic carbocycles. The minimum Gasteiger partial charge on any atom is -0.289 e. The van der Waals surface area contributed by atoms with Crippen LogP contribution in [-0.2, 0) is 0 Å². The molecule has 0 heterocycles. The molecule has 2 nitrogen and oxygen atoms in total. The van der Waals surface area contributed by atoms with E-state index in [1.54, 1.807) is 36.4 Å². The molecule has 5 heteroatoms. The maximum Gasteiger partial charge on any atom is 0.196 e. The van der Waals surface area contributed by atoms with E-state index in [0.717, 1.165) is 0 Å². The quantitative estimate of drug-likeness (QED) is 0.515. The van der Waals surface area contributed by atoms with Crippen molar-refractivity contribution >= 4 is 11.6 Å². The van der Waals surface area contributed by atoms with E-state index in [1.165, 1.54) is 24.3 Å². The molecular formula is C20H11F3O2. The second-order valence-corrected chi connectivity index (χ2v) is 5.30. The van der Waals surface area contributed by atoms with E-state index in [9.17, 15) is 22.8 Å². The normalized spacial score (nSPS) is 10.5. The van der Waals surface area contributed by atoms with Crippen molar-refractivity contribution in [3.05, 3.63) is 106 Å². The summed E-state index contributed by atoms with van der Waals surface area (Å²) >= 11 is 0. The molecular weight excluding hydrogens is 329 g/mol. The lowest BCUT2D eigenvalue weighted by Crippen LogP contribution is -2.16. The summed E-state index contributed by atoms with van der Waals surface area (Å²) in [6, 6.07) is 15.8. The number of ketones is 2. The molecule has 0 fully saturated rings. The summed E-state index contributed by atoms with van der Waals surface area (Å²) in [5, 5.41) is 0. The van der Waals surface area contributed by atoms with Crippen molar-refractivity contribution in [2.45, 2.75) is 0 Å². The summed E-state index contributed by atoms with van der Waals surface area (Å²) in [7, 11) is 0. The van der Waals surface area contributed by atoms with E-state index >= 15 is 0 Å². The Morgan fingerprint density at radius 2 is 1.12 bits per heavy atom. The second-order valence-electron chi connectivity index (χ2n) is 5.30. The van der Waals surface area contributed by atoms with Gasteiger partial charge in [0.2, 0.25) is 0 Å². The first-order chi connectivity index (χ1) is 12.0. The van der Waals surface area contributed by atoms with E-state index in [1.807, 2.05) is 0 Å². The molecule has 0 saturated carbocycles. The Morgan fingerprint density at radius 3 is 1.64 bits per heavy atom. The minimum absolute atomic E-state index is 0.0644. The van der Waals surface area contributed by atoms with Crippen LogP contribution in [0.5, 0.6) is 0 Å². The lowest BCUT2D eigenvalue weighted by molar-refractivity contribution is 0.0998. The number of halogens is 3. The van der Waals surface area contributed by atoms with Crippen molar-refractivity contribution in [2.75, 3.05) is 0 Å². The number of carbonyl (C=O) groups excluding carboxylic acids is 2. The van der Waals surface area contributed by atoms with Gasteiger partial charge in [-0.05, 0) is 6.07 Å². The molecule has 25 heavy (non-hydrogen) atoms. The van der Waals surface area contributed by atoms with E-state index in [0.29, 0.717) is 6.07 Å². The van der Waals surface area contributed by atoms with Crippen LogP contribution in [0.3, 0.4) is 0 Å². The van der Waals surface area contributed by atoms with Crippen LogP contribution in [0.1, 0.15) is 31.8 Å². The third-order valence-corrected chi connectivity index (χ3v) is 3.71. The molecule has 0 spiro atoms. The molecule has 0 amide bonds. The summed E-state index contributed by atoms with van der Waals surface area (Å²) in [5.41, 5.74) is -1.10. The van der Waals surface area contributed by atoms with Crippen LogP contribution in [0.4, 0.5) is 13.2 Å². The fraction of sp³-hybridized carbons (Fsp3) is 0. The Balaban J connectivity index is 2.22. The van der Waals surface area contributed by atoms with Gasteiger partial charge >= 0.3 is 0 Å². The number of hydrogen-bond acceptors (Lipinski definition) is 2. The molecule has 3 aromatic rings. The van der Waals surface area contributed by atoms with Crippen LogP contribution in [0.25, 0.3) is 0 Å². The molecule has 0 saturated heterocycles. The lowest BCUT2D eigenvalue weighted by Gasteiger charge is -2.11. The van der Waals surface area contributed by atoms with E-state index in [4.69, 9.17) is 0 Å².